The van der Waals surface area contributed by atoms with Crippen molar-refractivity contribution in [2.75, 3.05) is 21.3 Å². The molecule has 0 saturated carbocycles. The molecular formula is C23H17F2N7O4S. The summed E-state index contributed by atoms with van der Waals surface area (Å²) in [6.45, 7) is 0.282. The van der Waals surface area contributed by atoms with E-state index in [0.29, 0.717) is 17.3 Å². The van der Waals surface area contributed by atoms with E-state index in [1.165, 1.54) is 36.1 Å². The zero-order valence-corrected chi connectivity index (χ0v) is 19.5. The van der Waals surface area contributed by atoms with Gasteiger partial charge in [0.05, 0.1) is 17.4 Å². The van der Waals surface area contributed by atoms with Gasteiger partial charge in [0.25, 0.3) is 5.91 Å². The molecule has 0 saturated heterocycles. The Morgan fingerprint density at radius 1 is 0.946 bits per heavy atom. The summed E-state index contributed by atoms with van der Waals surface area (Å²) in [5.41, 5.74) is 3.05. The summed E-state index contributed by atoms with van der Waals surface area (Å²) in [7, 11) is 0. The lowest BCUT2D eigenvalue weighted by Crippen LogP contribution is -2.25. The number of amides is 3. The van der Waals surface area contributed by atoms with Crippen molar-refractivity contribution in [1.82, 2.24) is 15.0 Å². The molecule has 4 heterocycles. The molecule has 0 radical (unpaired) electrons. The summed E-state index contributed by atoms with van der Waals surface area (Å²) in [4.78, 5) is 37.5. The Hall–Kier alpha value is -4.85. The van der Waals surface area contributed by atoms with E-state index in [2.05, 4.69) is 45.7 Å². The van der Waals surface area contributed by atoms with E-state index in [1.54, 1.807) is 30.5 Å². The topological polar surface area (TPSA) is 139 Å². The van der Waals surface area contributed by atoms with E-state index in [1.807, 2.05) is 0 Å². The lowest BCUT2D eigenvalue weighted by molar-refractivity contribution is -0.286. The second-order valence-corrected chi connectivity index (χ2v) is 8.39. The maximum Gasteiger partial charge on any atom is 0.586 e. The Bertz CT molecular complexity index is 1450. The van der Waals surface area contributed by atoms with Crippen molar-refractivity contribution < 1.29 is 27.8 Å². The number of aromatic nitrogens is 3. The quantitative estimate of drug-likeness (QED) is 0.271. The van der Waals surface area contributed by atoms with Crippen molar-refractivity contribution >= 4 is 46.3 Å². The highest BCUT2D eigenvalue weighted by Gasteiger charge is 2.43. The molecule has 3 amide bonds. The summed E-state index contributed by atoms with van der Waals surface area (Å²) < 4.78 is 35.2. The normalized spacial score (nSPS) is 13.0. The van der Waals surface area contributed by atoms with Crippen LogP contribution in [0, 0.1) is 0 Å². The lowest BCUT2D eigenvalue weighted by atomic mass is 10.2. The lowest BCUT2D eigenvalue weighted by Gasteiger charge is -2.10. The molecule has 0 unspecified atom stereocenters. The number of hydrogen-bond donors (Lipinski definition) is 4. The predicted molar refractivity (Wildman–Crippen MR) is 131 cm³/mol. The number of carbonyl (C=O) groups excluding carboxylic acids is 2. The van der Waals surface area contributed by atoms with E-state index in [0.717, 1.165) is 16.9 Å². The molecule has 1 aliphatic rings. The van der Waals surface area contributed by atoms with Crippen LogP contribution >= 0.6 is 11.3 Å². The van der Waals surface area contributed by atoms with Gasteiger partial charge in [-0.1, -0.05) is 0 Å². The Labute approximate surface area is 211 Å². The third kappa shape index (κ3) is 5.87. The standard InChI is InChI=1S/C23H17F2N7O4S/c24-23(25)35-16-4-3-14(9-17(16)36-23)30-21(33)19-20(29-12-37-19)28-10-13-5-7-27-18(8-13)32-22(34)31-15-2-1-6-26-11-15/h1-9,11-12,28H,10H2,(H,30,33)(H2,27,31,32,34). The summed E-state index contributed by atoms with van der Waals surface area (Å²) >= 11 is 1.11. The average Bonchev–Trinajstić information content (AvgIpc) is 3.46. The summed E-state index contributed by atoms with van der Waals surface area (Å²) in [6.07, 6.45) is 0.902. The Balaban J connectivity index is 1.19. The number of halogens is 2. The van der Waals surface area contributed by atoms with E-state index >= 15 is 0 Å². The van der Waals surface area contributed by atoms with Gasteiger partial charge in [-0.15, -0.1) is 20.1 Å². The van der Waals surface area contributed by atoms with Crippen molar-refractivity contribution in [1.29, 1.82) is 0 Å². The van der Waals surface area contributed by atoms with Gasteiger partial charge in [-0.25, -0.2) is 14.8 Å². The van der Waals surface area contributed by atoms with Crippen LogP contribution in [0.15, 0.2) is 66.6 Å². The van der Waals surface area contributed by atoms with Gasteiger partial charge in [0.15, 0.2) is 11.5 Å². The fraction of sp³-hybridized carbons (Fsp3) is 0.0870. The molecule has 188 valence electrons. The monoisotopic (exact) mass is 525 g/mol. The highest BCUT2D eigenvalue weighted by atomic mass is 32.1. The Morgan fingerprint density at radius 3 is 2.65 bits per heavy atom. The van der Waals surface area contributed by atoms with Crippen LogP contribution in [0.25, 0.3) is 0 Å². The number of anilines is 4. The molecule has 1 aliphatic heterocycles. The maximum atomic E-state index is 13.2. The number of benzene rings is 1. The SMILES string of the molecule is O=C(Nc1cccnc1)Nc1cc(CNc2ncsc2C(=O)Nc2ccc3c(c2)OC(F)(F)O3)ccn1. The molecule has 14 heteroatoms. The van der Waals surface area contributed by atoms with E-state index in [9.17, 15) is 18.4 Å². The van der Waals surface area contributed by atoms with Crippen molar-refractivity contribution in [2.24, 2.45) is 0 Å². The summed E-state index contributed by atoms with van der Waals surface area (Å²) in [5, 5.41) is 11.0. The van der Waals surface area contributed by atoms with Gasteiger partial charge < -0.3 is 25.4 Å². The maximum absolute atomic E-state index is 13.2. The number of carbonyl (C=O) groups is 2. The molecule has 0 atom stereocenters. The minimum Gasteiger partial charge on any atom is -0.395 e. The van der Waals surface area contributed by atoms with Crippen molar-refractivity contribution in [3.05, 3.63) is 77.0 Å². The fourth-order valence-corrected chi connectivity index (χ4v) is 3.96. The first kappa shape index (κ1) is 23.9. The van der Waals surface area contributed by atoms with Gasteiger partial charge in [-0.3, -0.25) is 15.1 Å². The average molecular weight is 525 g/mol. The molecule has 1 aromatic carbocycles. The first-order valence-corrected chi connectivity index (χ1v) is 11.5. The summed E-state index contributed by atoms with van der Waals surface area (Å²) in [5.74, 6) is -0.133. The van der Waals surface area contributed by atoms with Gasteiger partial charge in [-0.05, 0) is 42.0 Å². The van der Waals surface area contributed by atoms with E-state index in [4.69, 9.17) is 0 Å². The van der Waals surface area contributed by atoms with Crippen LogP contribution in [-0.2, 0) is 6.54 Å². The molecule has 0 bridgehead atoms. The molecule has 4 N–H and O–H groups in total. The number of nitrogens with zero attached hydrogens (tertiary/aromatic N) is 3. The molecular weight excluding hydrogens is 508 g/mol. The van der Waals surface area contributed by atoms with Crippen LogP contribution < -0.4 is 30.7 Å². The third-order valence-electron chi connectivity index (χ3n) is 4.88. The van der Waals surface area contributed by atoms with Crippen LogP contribution in [0.4, 0.5) is 36.6 Å². The second-order valence-electron chi connectivity index (χ2n) is 7.54. The molecule has 0 aliphatic carbocycles. The molecule has 5 rings (SSSR count). The van der Waals surface area contributed by atoms with Gasteiger partial charge in [0.1, 0.15) is 16.5 Å². The van der Waals surface area contributed by atoms with Crippen LogP contribution in [0.5, 0.6) is 11.5 Å². The number of nitrogens with one attached hydrogen (secondary N) is 4. The Morgan fingerprint density at radius 2 is 1.81 bits per heavy atom. The van der Waals surface area contributed by atoms with E-state index in [-0.39, 0.29) is 28.6 Å². The smallest absolute Gasteiger partial charge is 0.395 e. The number of ether oxygens (including phenoxy) is 2. The minimum absolute atomic E-state index is 0.121. The molecule has 4 aromatic rings. The number of alkyl halides is 2. The first-order valence-electron chi connectivity index (χ1n) is 10.7. The van der Waals surface area contributed by atoms with Gasteiger partial charge in [-0.2, -0.15) is 0 Å². The van der Waals surface area contributed by atoms with Crippen molar-refractivity contribution in [3.63, 3.8) is 0 Å². The van der Waals surface area contributed by atoms with Crippen molar-refractivity contribution in [2.45, 2.75) is 12.8 Å². The van der Waals surface area contributed by atoms with Gasteiger partial charge >= 0.3 is 12.3 Å². The zero-order valence-electron chi connectivity index (χ0n) is 18.7. The molecule has 37 heavy (non-hydrogen) atoms. The van der Waals surface area contributed by atoms with Crippen LogP contribution in [0.3, 0.4) is 0 Å². The van der Waals surface area contributed by atoms with Gasteiger partial charge in [0, 0.05) is 30.7 Å². The largest absolute Gasteiger partial charge is 0.586 e. The number of urea groups is 1. The Kier molecular flexibility index (Phi) is 6.47. The van der Waals surface area contributed by atoms with Gasteiger partial charge in [0.2, 0.25) is 0 Å². The van der Waals surface area contributed by atoms with Crippen LogP contribution in [-0.4, -0.2) is 33.2 Å². The highest BCUT2D eigenvalue weighted by Crippen LogP contribution is 2.42. The number of pyridine rings is 2. The number of rotatable bonds is 7. The molecule has 3 aromatic heterocycles. The first-order chi connectivity index (χ1) is 17.8. The number of thiazole rings is 1. The molecule has 11 nitrogen and oxygen atoms in total. The van der Waals surface area contributed by atoms with Crippen LogP contribution in [0.1, 0.15) is 15.2 Å². The molecule has 0 spiro atoms. The highest BCUT2D eigenvalue weighted by molar-refractivity contribution is 7.12. The van der Waals surface area contributed by atoms with Crippen LogP contribution in [0.2, 0.25) is 0 Å². The third-order valence-corrected chi connectivity index (χ3v) is 5.70. The van der Waals surface area contributed by atoms with E-state index < -0.39 is 18.2 Å². The second kappa shape index (κ2) is 10.0. The zero-order chi connectivity index (χ0) is 25.8. The minimum atomic E-state index is -3.74. The van der Waals surface area contributed by atoms with Crippen molar-refractivity contribution in [3.8, 4) is 11.5 Å². The number of fused-ring (bicyclic) bond motifs is 1. The molecule has 0 fully saturated rings. The number of hydrogen-bond acceptors (Lipinski definition) is 9. The predicted octanol–water partition coefficient (Wildman–Crippen LogP) is 4.76. The fourth-order valence-electron chi connectivity index (χ4n) is 3.30. The summed E-state index contributed by atoms with van der Waals surface area (Å²) in [6, 6.07) is 10.3.